The quantitative estimate of drug-likeness (QED) is 0.501. The molecule has 0 saturated heterocycles. The van der Waals surface area contributed by atoms with Gasteiger partial charge in [-0.05, 0) is 53.9 Å². The first-order valence-electron chi connectivity index (χ1n) is 9.64. The van der Waals surface area contributed by atoms with Crippen molar-refractivity contribution in [1.29, 1.82) is 0 Å². The Balaban J connectivity index is 1.72. The van der Waals surface area contributed by atoms with Gasteiger partial charge >= 0.3 is 0 Å². The van der Waals surface area contributed by atoms with Gasteiger partial charge in [0, 0.05) is 0 Å². The number of furan rings is 1. The normalized spacial score (nSPS) is 14.0. The molecule has 0 unspecified atom stereocenters. The van der Waals surface area contributed by atoms with Crippen LogP contribution in [0.2, 0.25) is 0 Å². The van der Waals surface area contributed by atoms with E-state index in [1.165, 1.54) is 16.7 Å². The summed E-state index contributed by atoms with van der Waals surface area (Å²) in [5.41, 5.74) is 2.80. The number of benzene rings is 2. The summed E-state index contributed by atoms with van der Waals surface area (Å²) < 4.78 is 10.6. The summed E-state index contributed by atoms with van der Waals surface area (Å²) in [7, 11) is 1.59. The van der Waals surface area contributed by atoms with Gasteiger partial charge in [0.05, 0.1) is 35.3 Å². The van der Waals surface area contributed by atoms with Crippen LogP contribution in [0, 0.1) is 0 Å². The molecule has 1 aliphatic heterocycles. The van der Waals surface area contributed by atoms with Gasteiger partial charge in [0.2, 0.25) is 0 Å². The van der Waals surface area contributed by atoms with Gasteiger partial charge < -0.3 is 9.15 Å². The average molecular weight is 420 g/mol. The molecule has 0 atom stereocenters. The van der Waals surface area contributed by atoms with E-state index in [1.807, 2.05) is 30.3 Å². The number of carbonyl (C=O) groups is 2. The van der Waals surface area contributed by atoms with E-state index >= 15 is 0 Å². The topological polar surface area (TPSA) is 59.8 Å². The minimum absolute atomic E-state index is 0.313. The van der Waals surface area contributed by atoms with E-state index in [-0.39, 0.29) is 11.8 Å². The van der Waals surface area contributed by atoms with Crippen molar-refractivity contribution >= 4 is 34.8 Å². The summed E-state index contributed by atoms with van der Waals surface area (Å²) in [6.45, 7) is 2.06. The predicted octanol–water partition coefficient (Wildman–Crippen LogP) is 5.07. The zero-order valence-corrected chi connectivity index (χ0v) is 17.6. The highest BCUT2D eigenvalue weighted by Gasteiger charge is 2.40. The van der Waals surface area contributed by atoms with Crippen LogP contribution in [0.25, 0.3) is 5.57 Å². The fourth-order valence-corrected chi connectivity index (χ4v) is 4.32. The molecule has 6 heteroatoms. The maximum atomic E-state index is 13.4. The predicted molar refractivity (Wildman–Crippen MR) is 118 cm³/mol. The first-order valence-corrected chi connectivity index (χ1v) is 10.6. The lowest BCUT2D eigenvalue weighted by Gasteiger charge is -2.15. The van der Waals surface area contributed by atoms with Gasteiger partial charge in [0.1, 0.15) is 11.5 Å². The number of aryl methyl sites for hydroxylation is 1. The van der Waals surface area contributed by atoms with Gasteiger partial charge in [-0.1, -0.05) is 31.2 Å². The van der Waals surface area contributed by atoms with Crippen LogP contribution in [-0.4, -0.2) is 18.9 Å². The lowest BCUT2D eigenvalue weighted by Crippen LogP contribution is -2.31. The van der Waals surface area contributed by atoms with Crippen LogP contribution >= 0.6 is 11.8 Å². The Bertz CT molecular complexity index is 1080. The van der Waals surface area contributed by atoms with Crippen molar-refractivity contribution in [2.45, 2.75) is 19.1 Å². The van der Waals surface area contributed by atoms with Crippen LogP contribution in [0.5, 0.6) is 5.75 Å². The first kappa shape index (κ1) is 20.0. The third-order valence-corrected chi connectivity index (χ3v) is 6.06. The number of ether oxygens (including phenoxy) is 1. The van der Waals surface area contributed by atoms with E-state index in [9.17, 15) is 9.59 Å². The van der Waals surface area contributed by atoms with Crippen molar-refractivity contribution in [3.8, 4) is 5.75 Å². The Morgan fingerprint density at radius 2 is 1.70 bits per heavy atom. The molecule has 0 spiro atoms. The average Bonchev–Trinajstić information content (AvgIpc) is 3.38. The second-order valence-corrected chi connectivity index (χ2v) is 7.75. The number of methoxy groups -OCH3 is 1. The molecule has 0 radical (unpaired) electrons. The van der Waals surface area contributed by atoms with Crippen molar-refractivity contribution in [3.63, 3.8) is 0 Å². The molecular formula is C24H21NO4S. The van der Waals surface area contributed by atoms with Crippen LogP contribution in [-0.2, 0) is 21.8 Å². The Labute approximate surface area is 179 Å². The maximum absolute atomic E-state index is 13.4. The summed E-state index contributed by atoms with van der Waals surface area (Å²) in [6, 6.07) is 18.4. The minimum atomic E-state index is -0.323. The van der Waals surface area contributed by atoms with Gasteiger partial charge in [-0.3, -0.25) is 9.59 Å². The van der Waals surface area contributed by atoms with Gasteiger partial charge in [-0.15, -0.1) is 11.8 Å². The van der Waals surface area contributed by atoms with E-state index in [4.69, 9.17) is 9.15 Å². The van der Waals surface area contributed by atoms with Crippen molar-refractivity contribution < 1.29 is 18.7 Å². The highest BCUT2D eigenvalue weighted by atomic mass is 32.2. The van der Waals surface area contributed by atoms with Crippen molar-refractivity contribution in [3.05, 3.63) is 88.7 Å². The highest BCUT2D eigenvalue weighted by molar-refractivity contribution is 8.03. The Hall–Kier alpha value is -3.25. The van der Waals surface area contributed by atoms with Gasteiger partial charge in [0.25, 0.3) is 11.8 Å². The van der Waals surface area contributed by atoms with Crippen LogP contribution in [0.3, 0.4) is 0 Å². The van der Waals surface area contributed by atoms with Crippen LogP contribution < -0.4 is 9.64 Å². The summed E-state index contributed by atoms with van der Waals surface area (Å²) >= 11 is 1.32. The molecule has 5 nitrogen and oxygen atoms in total. The molecule has 2 aromatic carbocycles. The van der Waals surface area contributed by atoms with E-state index in [0.29, 0.717) is 33.2 Å². The summed E-state index contributed by atoms with van der Waals surface area (Å²) in [5.74, 6) is 1.26. The Morgan fingerprint density at radius 3 is 2.30 bits per heavy atom. The summed E-state index contributed by atoms with van der Waals surface area (Å²) in [4.78, 5) is 28.4. The van der Waals surface area contributed by atoms with E-state index in [0.717, 1.165) is 17.7 Å². The Kier molecular flexibility index (Phi) is 5.77. The monoisotopic (exact) mass is 419 g/mol. The number of nitrogens with zero attached hydrogens (tertiary/aromatic N) is 1. The summed E-state index contributed by atoms with van der Waals surface area (Å²) in [6.07, 6.45) is 2.49. The molecule has 30 heavy (non-hydrogen) atoms. The lowest BCUT2D eigenvalue weighted by atomic mass is 10.1. The molecule has 0 fully saturated rings. The number of imide groups is 1. The molecule has 0 aliphatic carbocycles. The molecule has 0 saturated carbocycles. The number of amides is 2. The van der Waals surface area contributed by atoms with Crippen molar-refractivity contribution in [1.82, 2.24) is 0 Å². The van der Waals surface area contributed by atoms with Gasteiger partial charge in [-0.25, -0.2) is 4.90 Å². The number of thioether (sulfide) groups is 1. The zero-order chi connectivity index (χ0) is 21.1. The second-order valence-electron chi connectivity index (χ2n) is 6.77. The van der Waals surface area contributed by atoms with Gasteiger partial charge in [0.15, 0.2) is 0 Å². The molecule has 3 aromatic rings. The number of hydrogen-bond donors (Lipinski definition) is 0. The molecule has 2 heterocycles. The van der Waals surface area contributed by atoms with Gasteiger partial charge in [-0.2, -0.15) is 0 Å². The molecule has 1 aromatic heterocycles. The SMILES string of the molecule is CCc1ccc(N2C(=O)C(SCc3ccco3)=C(c3ccc(OC)cc3)C2=O)cc1. The number of hydrogen-bond acceptors (Lipinski definition) is 5. The fraction of sp³-hybridized carbons (Fsp3) is 0.167. The second kappa shape index (κ2) is 8.63. The molecular weight excluding hydrogens is 398 g/mol. The molecule has 2 amide bonds. The Morgan fingerprint density at radius 1 is 0.967 bits per heavy atom. The standard InChI is InChI=1S/C24H21NO4S/c1-3-16-6-10-18(11-7-16)25-23(26)21(17-8-12-19(28-2)13-9-17)22(24(25)27)30-15-20-5-4-14-29-20/h4-14H,3,15H2,1-2H3. The van der Waals surface area contributed by atoms with E-state index in [2.05, 4.69) is 6.92 Å². The maximum Gasteiger partial charge on any atom is 0.272 e. The van der Waals surface area contributed by atoms with Crippen LogP contribution in [0.15, 0.2) is 76.2 Å². The molecule has 0 bridgehead atoms. The number of carbonyl (C=O) groups excluding carboxylic acids is 2. The van der Waals surface area contributed by atoms with E-state index < -0.39 is 0 Å². The highest BCUT2D eigenvalue weighted by Crippen LogP contribution is 2.40. The molecule has 0 N–H and O–H groups in total. The molecule has 152 valence electrons. The van der Waals surface area contributed by atoms with Crippen LogP contribution in [0.1, 0.15) is 23.8 Å². The smallest absolute Gasteiger partial charge is 0.272 e. The lowest BCUT2D eigenvalue weighted by molar-refractivity contribution is -0.119. The zero-order valence-electron chi connectivity index (χ0n) is 16.8. The minimum Gasteiger partial charge on any atom is -0.497 e. The van der Waals surface area contributed by atoms with Crippen LogP contribution in [0.4, 0.5) is 5.69 Å². The number of anilines is 1. The third kappa shape index (κ3) is 3.78. The molecule has 1 aliphatic rings. The van der Waals surface area contributed by atoms with Crippen molar-refractivity contribution in [2.75, 3.05) is 12.0 Å². The largest absolute Gasteiger partial charge is 0.497 e. The first-order chi connectivity index (χ1) is 14.6. The third-order valence-electron chi connectivity index (χ3n) is 4.96. The van der Waals surface area contributed by atoms with Crippen molar-refractivity contribution in [2.24, 2.45) is 0 Å². The summed E-state index contributed by atoms with van der Waals surface area (Å²) in [5, 5.41) is 0. The molecule has 4 rings (SSSR count). The number of rotatable bonds is 7. The van der Waals surface area contributed by atoms with E-state index in [1.54, 1.807) is 43.7 Å². The fourth-order valence-electron chi connectivity index (χ4n) is 3.31.